The standard InChI is InChI=1S/C12H13NO5/c14-7-3-4-9-8-17-12(18-9)10-5-1-2-6-11(10)13(15)16/h1-2,5-6,8,12,14H,3-4,7H2. The molecule has 0 amide bonds. The van der Waals surface area contributed by atoms with E-state index < -0.39 is 11.2 Å². The molecule has 6 heteroatoms. The van der Waals surface area contributed by atoms with Crippen LogP contribution < -0.4 is 0 Å². The maximum Gasteiger partial charge on any atom is 0.280 e. The van der Waals surface area contributed by atoms with Crippen LogP contribution in [-0.4, -0.2) is 16.6 Å². The highest BCUT2D eigenvalue weighted by Crippen LogP contribution is 2.34. The molecule has 18 heavy (non-hydrogen) atoms. The summed E-state index contributed by atoms with van der Waals surface area (Å²) in [6.07, 6.45) is 1.78. The van der Waals surface area contributed by atoms with E-state index in [1.807, 2.05) is 0 Å². The summed E-state index contributed by atoms with van der Waals surface area (Å²) in [5.41, 5.74) is 0.358. The van der Waals surface area contributed by atoms with Crippen LogP contribution in [0.25, 0.3) is 0 Å². The zero-order chi connectivity index (χ0) is 13.0. The molecule has 1 aromatic carbocycles. The molecule has 0 aliphatic carbocycles. The average Bonchev–Trinajstić information content (AvgIpc) is 2.85. The Morgan fingerprint density at radius 2 is 2.17 bits per heavy atom. The van der Waals surface area contributed by atoms with Crippen LogP contribution in [-0.2, 0) is 9.47 Å². The van der Waals surface area contributed by atoms with Gasteiger partial charge in [-0.05, 0) is 12.5 Å². The van der Waals surface area contributed by atoms with E-state index in [0.29, 0.717) is 24.2 Å². The monoisotopic (exact) mass is 251 g/mol. The first-order valence-electron chi connectivity index (χ1n) is 5.57. The first-order chi connectivity index (χ1) is 8.72. The lowest BCUT2D eigenvalue weighted by Gasteiger charge is -2.12. The Hall–Kier alpha value is -2.08. The molecule has 96 valence electrons. The highest BCUT2D eigenvalue weighted by atomic mass is 16.7. The van der Waals surface area contributed by atoms with E-state index in [4.69, 9.17) is 14.6 Å². The van der Waals surface area contributed by atoms with E-state index in [0.717, 1.165) is 0 Å². The minimum absolute atomic E-state index is 0.0284. The van der Waals surface area contributed by atoms with Crippen LogP contribution in [0.15, 0.2) is 36.3 Å². The van der Waals surface area contributed by atoms with Gasteiger partial charge in [-0.2, -0.15) is 0 Å². The first kappa shape index (κ1) is 12.4. The van der Waals surface area contributed by atoms with Crippen molar-refractivity contribution in [2.45, 2.75) is 19.1 Å². The van der Waals surface area contributed by atoms with Gasteiger partial charge in [0.25, 0.3) is 12.0 Å². The molecular weight excluding hydrogens is 238 g/mol. The Bertz CT molecular complexity index is 471. The Balaban J connectivity index is 2.09. The van der Waals surface area contributed by atoms with Gasteiger partial charge in [-0.1, -0.05) is 12.1 Å². The maximum atomic E-state index is 10.9. The highest BCUT2D eigenvalue weighted by molar-refractivity contribution is 5.41. The summed E-state index contributed by atoms with van der Waals surface area (Å²) in [6, 6.07) is 6.30. The minimum atomic E-state index is -0.778. The number of hydrogen-bond donors (Lipinski definition) is 1. The molecule has 0 spiro atoms. The van der Waals surface area contributed by atoms with Crippen molar-refractivity contribution in [1.82, 2.24) is 0 Å². The Kier molecular flexibility index (Phi) is 3.78. The predicted molar refractivity (Wildman–Crippen MR) is 62.4 cm³/mol. The van der Waals surface area contributed by atoms with E-state index in [-0.39, 0.29) is 12.3 Å². The smallest absolute Gasteiger partial charge is 0.280 e. The number of nitrogens with zero attached hydrogens (tertiary/aromatic N) is 1. The molecule has 0 saturated heterocycles. The molecule has 1 unspecified atom stereocenters. The third-order valence-corrected chi connectivity index (χ3v) is 2.55. The normalized spacial score (nSPS) is 17.8. The highest BCUT2D eigenvalue weighted by Gasteiger charge is 2.28. The van der Waals surface area contributed by atoms with Gasteiger partial charge in [0.1, 0.15) is 17.6 Å². The fourth-order valence-electron chi connectivity index (χ4n) is 1.69. The molecular formula is C12H13NO5. The van der Waals surface area contributed by atoms with Crippen molar-refractivity contribution >= 4 is 5.69 Å². The lowest BCUT2D eigenvalue weighted by atomic mass is 10.2. The van der Waals surface area contributed by atoms with Gasteiger partial charge in [-0.15, -0.1) is 0 Å². The molecule has 2 rings (SSSR count). The van der Waals surface area contributed by atoms with Gasteiger partial charge in [0.2, 0.25) is 0 Å². The first-order valence-corrected chi connectivity index (χ1v) is 5.57. The zero-order valence-corrected chi connectivity index (χ0v) is 9.61. The molecule has 1 aromatic rings. The number of nitro groups is 1. The number of rotatable bonds is 5. The minimum Gasteiger partial charge on any atom is -0.455 e. The van der Waals surface area contributed by atoms with E-state index in [2.05, 4.69) is 0 Å². The van der Waals surface area contributed by atoms with Gasteiger partial charge in [0, 0.05) is 19.1 Å². The van der Waals surface area contributed by atoms with Crippen LogP contribution in [0.2, 0.25) is 0 Å². The lowest BCUT2D eigenvalue weighted by Crippen LogP contribution is -2.03. The molecule has 6 nitrogen and oxygen atoms in total. The molecule has 1 atom stereocenters. The average molecular weight is 251 g/mol. The van der Waals surface area contributed by atoms with Gasteiger partial charge in [-0.25, -0.2) is 0 Å². The van der Waals surface area contributed by atoms with Crippen molar-refractivity contribution in [3.63, 3.8) is 0 Å². The molecule has 1 aliphatic rings. The van der Waals surface area contributed by atoms with Crippen molar-refractivity contribution in [3.05, 3.63) is 52.0 Å². The fourth-order valence-corrected chi connectivity index (χ4v) is 1.69. The second-order valence-corrected chi connectivity index (χ2v) is 3.81. The van der Waals surface area contributed by atoms with Crippen molar-refractivity contribution in [1.29, 1.82) is 0 Å². The fraction of sp³-hybridized carbons (Fsp3) is 0.333. The number of ether oxygens (including phenoxy) is 2. The van der Waals surface area contributed by atoms with Crippen LogP contribution in [0.3, 0.4) is 0 Å². The van der Waals surface area contributed by atoms with E-state index >= 15 is 0 Å². The van der Waals surface area contributed by atoms with Crippen LogP contribution in [0.5, 0.6) is 0 Å². The van der Waals surface area contributed by atoms with Crippen LogP contribution in [0.4, 0.5) is 5.69 Å². The molecule has 0 fully saturated rings. The molecule has 0 radical (unpaired) electrons. The van der Waals surface area contributed by atoms with Crippen molar-refractivity contribution in [2.24, 2.45) is 0 Å². The summed E-state index contributed by atoms with van der Waals surface area (Å²) in [5.74, 6) is 0.590. The number of para-hydroxylation sites is 1. The topological polar surface area (TPSA) is 81.8 Å². The number of aliphatic hydroxyl groups excluding tert-OH is 1. The van der Waals surface area contributed by atoms with Crippen LogP contribution >= 0.6 is 0 Å². The SMILES string of the molecule is O=[N+]([O-])c1ccccc1C1OC=C(CCCO)O1. The van der Waals surface area contributed by atoms with Gasteiger partial charge < -0.3 is 14.6 Å². The largest absolute Gasteiger partial charge is 0.455 e. The second-order valence-electron chi connectivity index (χ2n) is 3.81. The number of nitro benzene ring substituents is 1. The van der Waals surface area contributed by atoms with Gasteiger partial charge in [0.05, 0.1) is 4.92 Å². The van der Waals surface area contributed by atoms with Crippen molar-refractivity contribution < 1.29 is 19.5 Å². The second kappa shape index (κ2) is 5.50. The summed E-state index contributed by atoms with van der Waals surface area (Å²) in [5, 5.41) is 19.6. The maximum absolute atomic E-state index is 10.9. The molecule has 1 aliphatic heterocycles. The van der Waals surface area contributed by atoms with Gasteiger partial charge in [-0.3, -0.25) is 10.1 Å². The predicted octanol–water partition coefficient (Wildman–Crippen LogP) is 2.25. The lowest BCUT2D eigenvalue weighted by molar-refractivity contribution is -0.386. The third kappa shape index (κ3) is 2.60. The number of allylic oxidation sites excluding steroid dienone is 1. The van der Waals surface area contributed by atoms with Gasteiger partial charge >= 0.3 is 0 Å². The van der Waals surface area contributed by atoms with Crippen LogP contribution in [0.1, 0.15) is 24.7 Å². The molecule has 1 heterocycles. The van der Waals surface area contributed by atoms with Crippen LogP contribution in [0, 0.1) is 10.1 Å². The Labute approximate surface area is 104 Å². The molecule has 0 bridgehead atoms. The number of aliphatic hydroxyl groups is 1. The van der Waals surface area contributed by atoms with Crippen molar-refractivity contribution in [2.75, 3.05) is 6.61 Å². The number of hydrogen-bond acceptors (Lipinski definition) is 5. The zero-order valence-electron chi connectivity index (χ0n) is 9.61. The van der Waals surface area contributed by atoms with E-state index in [1.54, 1.807) is 18.2 Å². The summed E-state index contributed by atoms with van der Waals surface area (Å²) >= 11 is 0. The third-order valence-electron chi connectivity index (χ3n) is 2.55. The number of benzene rings is 1. The summed E-state index contributed by atoms with van der Waals surface area (Å²) in [4.78, 5) is 10.4. The van der Waals surface area contributed by atoms with E-state index in [9.17, 15) is 10.1 Å². The Morgan fingerprint density at radius 3 is 2.89 bits per heavy atom. The summed E-state index contributed by atoms with van der Waals surface area (Å²) < 4.78 is 10.7. The molecule has 1 N–H and O–H groups in total. The quantitative estimate of drug-likeness (QED) is 0.641. The van der Waals surface area contributed by atoms with E-state index in [1.165, 1.54) is 12.3 Å². The molecule has 0 saturated carbocycles. The summed E-state index contributed by atoms with van der Waals surface area (Å²) in [6.45, 7) is 0.0663. The van der Waals surface area contributed by atoms with Gasteiger partial charge in [0.15, 0.2) is 0 Å². The van der Waals surface area contributed by atoms with Crippen molar-refractivity contribution in [3.8, 4) is 0 Å². The summed E-state index contributed by atoms with van der Waals surface area (Å²) in [7, 11) is 0. The Morgan fingerprint density at radius 1 is 1.39 bits per heavy atom. The molecule has 0 aromatic heterocycles.